The molecule has 1 aromatic carbocycles. The minimum Gasteiger partial charge on any atom is -0.480 e. The molecule has 0 fully saturated rings. The van der Waals surface area contributed by atoms with Crippen LogP contribution >= 0.6 is 15.9 Å². The first-order valence-electron chi connectivity index (χ1n) is 6.79. The van der Waals surface area contributed by atoms with Crippen LogP contribution in [0.25, 0.3) is 0 Å². The molecule has 1 N–H and O–H groups in total. The van der Waals surface area contributed by atoms with Crippen LogP contribution in [0.3, 0.4) is 0 Å². The number of hydrogen-bond acceptors (Lipinski definition) is 3. The molecule has 1 rings (SSSR count). The van der Waals surface area contributed by atoms with Gasteiger partial charge in [0.1, 0.15) is 5.75 Å². The standard InChI is InChI=1S/C15H22BrNO3/c1-5-17(6-2)15(19)11(4)20-14-10(3)7-13(16)8-12(14)9-18/h7-8,11,18H,5-6,9H2,1-4H3. The monoisotopic (exact) mass is 343 g/mol. The van der Waals surface area contributed by atoms with Crippen molar-refractivity contribution in [2.45, 2.75) is 40.4 Å². The lowest BCUT2D eigenvalue weighted by atomic mass is 10.1. The van der Waals surface area contributed by atoms with Gasteiger partial charge in [0.05, 0.1) is 6.61 Å². The molecule has 0 aliphatic carbocycles. The number of nitrogens with zero attached hydrogens (tertiary/aromatic N) is 1. The van der Waals surface area contributed by atoms with E-state index >= 15 is 0 Å². The van der Waals surface area contributed by atoms with Crippen LogP contribution in [0.2, 0.25) is 0 Å². The molecular weight excluding hydrogens is 322 g/mol. The predicted molar refractivity (Wildman–Crippen MR) is 82.8 cm³/mol. The highest BCUT2D eigenvalue weighted by atomic mass is 79.9. The highest BCUT2D eigenvalue weighted by Gasteiger charge is 2.21. The maximum Gasteiger partial charge on any atom is 0.263 e. The number of aryl methyl sites for hydroxylation is 1. The number of halogens is 1. The van der Waals surface area contributed by atoms with Gasteiger partial charge in [0, 0.05) is 23.1 Å². The minimum atomic E-state index is -0.569. The average Bonchev–Trinajstić information content (AvgIpc) is 2.42. The van der Waals surface area contributed by atoms with E-state index in [2.05, 4.69) is 15.9 Å². The third-order valence-corrected chi connectivity index (χ3v) is 3.66. The Balaban J connectivity index is 2.95. The topological polar surface area (TPSA) is 49.8 Å². The Kier molecular flexibility index (Phi) is 6.49. The van der Waals surface area contributed by atoms with Crippen molar-refractivity contribution >= 4 is 21.8 Å². The number of carbonyl (C=O) groups is 1. The molecule has 0 saturated carbocycles. The van der Waals surface area contributed by atoms with Gasteiger partial charge < -0.3 is 14.7 Å². The van der Waals surface area contributed by atoms with Gasteiger partial charge in [-0.2, -0.15) is 0 Å². The summed E-state index contributed by atoms with van der Waals surface area (Å²) in [4.78, 5) is 14.0. The van der Waals surface area contributed by atoms with Crippen LogP contribution in [0.4, 0.5) is 0 Å². The quantitative estimate of drug-likeness (QED) is 0.863. The number of benzene rings is 1. The number of amides is 1. The summed E-state index contributed by atoms with van der Waals surface area (Å²) < 4.78 is 6.68. The van der Waals surface area contributed by atoms with E-state index in [1.54, 1.807) is 17.9 Å². The summed E-state index contributed by atoms with van der Waals surface area (Å²) in [5.41, 5.74) is 1.57. The Labute approximate surface area is 128 Å². The van der Waals surface area contributed by atoms with Crippen LogP contribution < -0.4 is 4.74 Å². The van der Waals surface area contributed by atoms with Crippen molar-refractivity contribution in [2.24, 2.45) is 0 Å². The first-order chi connectivity index (χ1) is 9.44. The van der Waals surface area contributed by atoms with Crippen LogP contribution in [0.15, 0.2) is 16.6 Å². The summed E-state index contributed by atoms with van der Waals surface area (Å²) in [6.07, 6.45) is -0.569. The van der Waals surface area contributed by atoms with Gasteiger partial charge in [-0.15, -0.1) is 0 Å². The molecule has 112 valence electrons. The number of ether oxygens (including phenoxy) is 1. The van der Waals surface area contributed by atoms with Gasteiger partial charge in [-0.1, -0.05) is 15.9 Å². The second-order valence-corrected chi connectivity index (χ2v) is 5.56. The van der Waals surface area contributed by atoms with Crippen molar-refractivity contribution in [3.8, 4) is 5.75 Å². The molecule has 0 heterocycles. The third-order valence-electron chi connectivity index (χ3n) is 3.20. The lowest BCUT2D eigenvalue weighted by molar-refractivity contribution is -0.137. The van der Waals surface area contributed by atoms with Crippen molar-refractivity contribution in [3.63, 3.8) is 0 Å². The van der Waals surface area contributed by atoms with Crippen LogP contribution in [0, 0.1) is 6.92 Å². The SMILES string of the molecule is CCN(CC)C(=O)C(C)Oc1c(C)cc(Br)cc1CO. The molecule has 0 aliphatic rings. The van der Waals surface area contributed by atoms with Gasteiger partial charge in [0.2, 0.25) is 0 Å². The molecule has 4 nitrogen and oxygen atoms in total. The van der Waals surface area contributed by atoms with E-state index in [1.807, 2.05) is 26.8 Å². The number of hydrogen-bond donors (Lipinski definition) is 1. The second-order valence-electron chi connectivity index (χ2n) is 4.64. The van der Waals surface area contributed by atoms with Crippen LogP contribution in [-0.2, 0) is 11.4 Å². The smallest absolute Gasteiger partial charge is 0.263 e. The largest absolute Gasteiger partial charge is 0.480 e. The normalized spacial score (nSPS) is 12.1. The molecule has 0 aliphatic heterocycles. The van der Waals surface area contributed by atoms with Crippen LogP contribution in [0.1, 0.15) is 31.9 Å². The highest BCUT2D eigenvalue weighted by Crippen LogP contribution is 2.29. The Morgan fingerprint density at radius 1 is 1.40 bits per heavy atom. The van der Waals surface area contributed by atoms with Crippen molar-refractivity contribution in [1.82, 2.24) is 4.90 Å². The third kappa shape index (κ3) is 3.96. The number of carbonyl (C=O) groups excluding carboxylic acids is 1. The molecular formula is C15H22BrNO3. The average molecular weight is 344 g/mol. The molecule has 1 unspecified atom stereocenters. The summed E-state index contributed by atoms with van der Waals surface area (Å²) in [7, 11) is 0. The van der Waals surface area contributed by atoms with E-state index < -0.39 is 6.10 Å². The zero-order chi connectivity index (χ0) is 15.3. The van der Waals surface area contributed by atoms with E-state index in [-0.39, 0.29) is 12.5 Å². The number of likely N-dealkylation sites (N-methyl/N-ethyl adjacent to an activating group) is 1. The zero-order valence-corrected chi connectivity index (χ0v) is 14.0. The molecule has 0 spiro atoms. The minimum absolute atomic E-state index is 0.0405. The Hall–Kier alpha value is -1.07. The predicted octanol–water partition coefficient (Wildman–Crippen LogP) is 2.89. The molecule has 1 aromatic rings. The van der Waals surface area contributed by atoms with E-state index in [1.165, 1.54) is 0 Å². The zero-order valence-electron chi connectivity index (χ0n) is 12.4. The summed E-state index contributed by atoms with van der Waals surface area (Å²) in [5, 5.41) is 9.42. The van der Waals surface area contributed by atoms with Crippen LogP contribution in [0.5, 0.6) is 5.75 Å². The highest BCUT2D eigenvalue weighted by molar-refractivity contribution is 9.10. The van der Waals surface area contributed by atoms with Gasteiger partial charge in [-0.3, -0.25) is 4.79 Å². The molecule has 1 atom stereocenters. The lowest BCUT2D eigenvalue weighted by Gasteiger charge is -2.25. The fourth-order valence-corrected chi connectivity index (χ4v) is 2.72. The maximum atomic E-state index is 12.2. The van der Waals surface area contributed by atoms with Crippen molar-refractivity contribution in [1.29, 1.82) is 0 Å². The summed E-state index contributed by atoms with van der Waals surface area (Å²) >= 11 is 3.39. The van der Waals surface area contributed by atoms with Gasteiger partial charge >= 0.3 is 0 Å². The molecule has 0 aromatic heterocycles. The van der Waals surface area contributed by atoms with Gasteiger partial charge in [0.15, 0.2) is 6.10 Å². The first-order valence-corrected chi connectivity index (χ1v) is 7.59. The van der Waals surface area contributed by atoms with Crippen molar-refractivity contribution < 1.29 is 14.6 Å². The molecule has 0 bridgehead atoms. The molecule has 5 heteroatoms. The number of aliphatic hydroxyl groups excluding tert-OH is 1. The second kappa shape index (κ2) is 7.64. The summed E-state index contributed by atoms with van der Waals surface area (Å²) in [6.45, 7) is 8.72. The molecule has 0 radical (unpaired) electrons. The van der Waals surface area contributed by atoms with E-state index in [0.717, 1.165) is 10.0 Å². The van der Waals surface area contributed by atoms with Gasteiger partial charge in [-0.25, -0.2) is 0 Å². The number of aliphatic hydroxyl groups is 1. The van der Waals surface area contributed by atoms with Gasteiger partial charge in [0.25, 0.3) is 5.91 Å². The molecule has 20 heavy (non-hydrogen) atoms. The van der Waals surface area contributed by atoms with Gasteiger partial charge in [-0.05, 0) is 45.4 Å². The maximum absolute atomic E-state index is 12.2. The molecule has 1 amide bonds. The van der Waals surface area contributed by atoms with Crippen LogP contribution in [-0.4, -0.2) is 35.1 Å². The fraction of sp³-hybridized carbons (Fsp3) is 0.533. The summed E-state index contributed by atoms with van der Waals surface area (Å²) in [6, 6.07) is 3.71. The first kappa shape index (κ1) is 17.0. The lowest BCUT2D eigenvalue weighted by Crippen LogP contribution is -2.40. The Morgan fingerprint density at radius 3 is 2.50 bits per heavy atom. The van der Waals surface area contributed by atoms with E-state index in [0.29, 0.717) is 24.4 Å². The van der Waals surface area contributed by atoms with E-state index in [4.69, 9.17) is 4.74 Å². The van der Waals surface area contributed by atoms with Crippen molar-refractivity contribution in [3.05, 3.63) is 27.7 Å². The molecule has 0 saturated heterocycles. The Bertz CT molecular complexity index is 472. The fourth-order valence-electron chi connectivity index (χ4n) is 2.10. The number of rotatable bonds is 6. The van der Waals surface area contributed by atoms with Crippen molar-refractivity contribution in [2.75, 3.05) is 13.1 Å². The van der Waals surface area contributed by atoms with E-state index in [9.17, 15) is 9.90 Å². The Morgan fingerprint density at radius 2 is 2.00 bits per heavy atom. The summed E-state index contributed by atoms with van der Waals surface area (Å²) in [5.74, 6) is 0.546.